The smallest absolute Gasteiger partial charge is 0.220 e. The van der Waals surface area contributed by atoms with E-state index in [0.29, 0.717) is 12.0 Å². The molecule has 2 rings (SSSR count). The fourth-order valence-electron chi connectivity index (χ4n) is 2.57. The summed E-state index contributed by atoms with van der Waals surface area (Å²) in [6.07, 6.45) is 0.611. The summed E-state index contributed by atoms with van der Waals surface area (Å²) in [6, 6.07) is 4.57. The number of hydrogen-bond acceptors (Lipinski definition) is 4. The summed E-state index contributed by atoms with van der Waals surface area (Å²) in [7, 11) is -2.97. The van der Waals surface area contributed by atoms with E-state index in [0.717, 1.165) is 0 Å². The average Bonchev–Trinajstić information content (AvgIpc) is 2.78. The summed E-state index contributed by atoms with van der Waals surface area (Å²) in [5, 5.41) is 2.70. The quantitative estimate of drug-likeness (QED) is 0.858. The van der Waals surface area contributed by atoms with E-state index in [9.17, 15) is 17.6 Å². The lowest BCUT2D eigenvalue weighted by atomic mass is 10.0. The summed E-state index contributed by atoms with van der Waals surface area (Å²) in [5.74, 6) is -0.365. The van der Waals surface area contributed by atoms with Gasteiger partial charge in [-0.1, -0.05) is 6.07 Å². The van der Waals surface area contributed by atoms with Gasteiger partial charge in [0.2, 0.25) is 5.91 Å². The molecule has 5 nitrogen and oxygen atoms in total. The Morgan fingerprint density at radius 3 is 2.74 bits per heavy atom. The van der Waals surface area contributed by atoms with E-state index >= 15 is 0 Å². The minimum absolute atomic E-state index is 0.0796. The summed E-state index contributed by atoms with van der Waals surface area (Å²) >= 11 is 0. The highest BCUT2D eigenvalue weighted by Gasteiger charge is 2.29. The fraction of sp³-hybridized carbons (Fsp3) is 0.562. The van der Waals surface area contributed by atoms with Gasteiger partial charge in [-0.15, -0.1) is 0 Å². The zero-order valence-corrected chi connectivity index (χ0v) is 14.2. The maximum Gasteiger partial charge on any atom is 0.220 e. The number of rotatable bonds is 6. The van der Waals surface area contributed by atoms with E-state index < -0.39 is 15.7 Å². The molecule has 0 bridgehead atoms. The van der Waals surface area contributed by atoms with E-state index in [-0.39, 0.29) is 48.1 Å². The maximum absolute atomic E-state index is 13.8. The summed E-state index contributed by atoms with van der Waals surface area (Å²) in [6.45, 7) is 3.84. The second-order valence-corrected chi connectivity index (χ2v) is 8.41. The third-order valence-corrected chi connectivity index (χ3v) is 5.49. The Morgan fingerprint density at radius 1 is 1.43 bits per heavy atom. The molecule has 1 heterocycles. The van der Waals surface area contributed by atoms with Gasteiger partial charge >= 0.3 is 0 Å². The number of nitrogens with one attached hydrogen (secondary N) is 1. The predicted octanol–water partition coefficient (Wildman–Crippen LogP) is 2.05. The van der Waals surface area contributed by atoms with Gasteiger partial charge in [-0.05, 0) is 43.9 Å². The van der Waals surface area contributed by atoms with Gasteiger partial charge in [0.05, 0.1) is 17.6 Å². The third-order valence-electron chi connectivity index (χ3n) is 3.65. The first-order chi connectivity index (χ1) is 10.7. The highest BCUT2D eigenvalue weighted by molar-refractivity contribution is 7.91. The predicted molar refractivity (Wildman–Crippen MR) is 85.4 cm³/mol. The number of amides is 1. The molecule has 1 saturated heterocycles. The number of ether oxygens (including phenoxy) is 1. The van der Waals surface area contributed by atoms with Gasteiger partial charge in [-0.3, -0.25) is 4.79 Å². The summed E-state index contributed by atoms with van der Waals surface area (Å²) in [4.78, 5) is 11.9. The van der Waals surface area contributed by atoms with Gasteiger partial charge in [0.1, 0.15) is 0 Å². The number of carbonyl (C=O) groups is 1. The van der Waals surface area contributed by atoms with Crippen LogP contribution < -0.4 is 10.1 Å². The van der Waals surface area contributed by atoms with Crippen molar-refractivity contribution in [2.24, 2.45) is 5.92 Å². The van der Waals surface area contributed by atoms with Crippen LogP contribution in [0.2, 0.25) is 0 Å². The molecule has 1 aliphatic rings. The van der Waals surface area contributed by atoms with Crippen molar-refractivity contribution in [1.29, 1.82) is 0 Å². The number of carbonyl (C=O) groups excluding carboxylic acids is 1. The number of sulfone groups is 1. The van der Waals surface area contributed by atoms with Crippen LogP contribution in [-0.2, 0) is 21.2 Å². The first kappa shape index (κ1) is 17.7. The van der Waals surface area contributed by atoms with Crippen LogP contribution in [0.5, 0.6) is 5.75 Å². The zero-order chi connectivity index (χ0) is 17.0. The van der Waals surface area contributed by atoms with Gasteiger partial charge in [0.15, 0.2) is 21.4 Å². The Labute approximate surface area is 136 Å². The minimum Gasteiger partial charge on any atom is -0.488 e. The molecule has 1 aromatic rings. The molecule has 1 aromatic carbocycles. The standard InChI is InChI=1S/C16H22FNO4S/c1-11(2)22-15-4-3-12(7-14(15)17)9-18-16(19)8-13-5-6-23(20,21)10-13/h3-4,7,11,13H,5-6,8-10H2,1-2H3,(H,18,19). The van der Waals surface area contributed by atoms with Gasteiger partial charge in [-0.25, -0.2) is 12.8 Å². The molecular weight excluding hydrogens is 321 g/mol. The van der Waals surface area contributed by atoms with Crippen LogP contribution in [0.4, 0.5) is 4.39 Å². The number of halogens is 1. The lowest BCUT2D eigenvalue weighted by Gasteiger charge is -2.12. The first-order valence-corrected chi connectivity index (χ1v) is 9.49. The molecule has 1 unspecified atom stereocenters. The molecule has 0 aromatic heterocycles. The second kappa shape index (κ2) is 7.29. The molecule has 1 amide bonds. The second-order valence-electron chi connectivity index (χ2n) is 6.18. The topological polar surface area (TPSA) is 72.5 Å². The largest absolute Gasteiger partial charge is 0.488 e. The molecule has 0 radical (unpaired) electrons. The molecule has 1 fully saturated rings. The van der Waals surface area contributed by atoms with E-state index in [4.69, 9.17) is 4.74 Å². The molecule has 1 aliphatic heterocycles. The SMILES string of the molecule is CC(C)Oc1ccc(CNC(=O)CC2CCS(=O)(=O)C2)cc1F. The molecule has 7 heteroatoms. The normalized spacial score (nSPS) is 19.7. The fourth-order valence-corrected chi connectivity index (χ4v) is 4.43. The monoisotopic (exact) mass is 343 g/mol. The van der Waals surface area contributed by atoms with Crippen molar-refractivity contribution < 1.29 is 22.3 Å². The molecule has 1 atom stereocenters. The van der Waals surface area contributed by atoms with Crippen LogP contribution in [0.3, 0.4) is 0 Å². The lowest BCUT2D eigenvalue weighted by molar-refractivity contribution is -0.122. The van der Waals surface area contributed by atoms with Crippen molar-refractivity contribution in [3.8, 4) is 5.75 Å². The van der Waals surface area contributed by atoms with E-state index in [1.807, 2.05) is 13.8 Å². The maximum atomic E-state index is 13.8. The summed E-state index contributed by atoms with van der Waals surface area (Å²) in [5.41, 5.74) is 0.631. The van der Waals surface area contributed by atoms with E-state index in [1.54, 1.807) is 12.1 Å². The number of benzene rings is 1. The van der Waals surface area contributed by atoms with Crippen LogP contribution >= 0.6 is 0 Å². The van der Waals surface area contributed by atoms with Crippen LogP contribution in [-0.4, -0.2) is 31.9 Å². The average molecular weight is 343 g/mol. The molecular formula is C16H22FNO4S. The van der Waals surface area contributed by atoms with E-state index in [1.165, 1.54) is 6.07 Å². The zero-order valence-electron chi connectivity index (χ0n) is 13.3. The third kappa shape index (κ3) is 5.49. The van der Waals surface area contributed by atoms with Crippen molar-refractivity contribution in [3.05, 3.63) is 29.6 Å². The first-order valence-electron chi connectivity index (χ1n) is 7.67. The van der Waals surface area contributed by atoms with Gasteiger partial charge in [0, 0.05) is 13.0 Å². The van der Waals surface area contributed by atoms with Crippen molar-refractivity contribution in [1.82, 2.24) is 5.32 Å². The van der Waals surface area contributed by atoms with Crippen LogP contribution in [0.1, 0.15) is 32.3 Å². The van der Waals surface area contributed by atoms with Crippen LogP contribution in [0.25, 0.3) is 0 Å². The minimum atomic E-state index is -2.97. The van der Waals surface area contributed by atoms with Gasteiger partial charge in [-0.2, -0.15) is 0 Å². The molecule has 0 saturated carbocycles. The molecule has 1 N–H and O–H groups in total. The molecule has 0 spiro atoms. The Morgan fingerprint density at radius 2 is 2.17 bits per heavy atom. The Bertz CT molecular complexity index is 673. The lowest BCUT2D eigenvalue weighted by Crippen LogP contribution is -2.25. The molecule has 23 heavy (non-hydrogen) atoms. The van der Waals surface area contributed by atoms with Crippen molar-refractivity contribution in [2.45, 2.75) is 39.3 Å². The molecule has 128 valence electrons. The Kier molecular flexibility index (Phi) is 5.62. The van der Waals surface area contributed by atoms with Crippen LogP contribution in [0.15, 0.2) is 18.2 Å². The van der Waals surface area contributed by atoms with Gasteiger partial charge < -0.3 is 10.1 Å². The van der Waals surface area contributed by atoms with Crippen molar-refractivity contribution >= 4 is 15.7 Å². The molecule has 0 aliphatic carbocycles. The summed E-state index contributed by atoms with van der Waals surface area (Å²) < 4.78 is 41.9. The van der Waals surface area contributed by atoms with Crippen molar-refractivity contribution in [2.75, 3.05) is 11.5 Å². The highest BCUT2D eigenvalue weighted by atomic mass is 32.2. The highest BCUT2D eigenvalue weighted by Crippen LogP contribution is 2.22. The van der Waals surface area contributed by atoms with E-state index in [2.05, 4.69) is 5.32 Å². The Hall–Kier alpha value is -1.63. The van der Waals surface area contributed by atoms with Crippen LogP contribution in [0, 0.1) is 11.7 Å². The number of hydrogen-bond donors (Lipinski definition) is 1. The van der Waals surface area contributed by atoms with Crippen molar-refractivity contribution in [3.63, 3.8) is 0 Å². The van der Waals surface area contributed by atoms with Gasteiger partial charge in [0.25, 0.3) is 0 Å². The Balaban J connectivity index is 1.83.